The first-order chi connectivity index (χ1) is 10.1. The van der Waals surface area contributed by atoms with Crippen LogP contribution in [0.2, 0.25) is 5.02 Å². The number of nitrogens with zero attached hydrogens (tertiary/aromatic N) is 1. The largest absolute Gasteiger partial charge is 0.380 e. The molecule has 0 spiro atoms. The first-order valence-electron chi connectivity index (χ1n) is 6.03. The Bertz CT molecular complexity index is 797. The van der Waals surface area contributed by atoms with Gasteiger partial charge in [-0.25, -0.2) is 8.78 Å². The van der Waals surface area contributed by atoms with Gasteiger partial charge in [0.2, 0.25) is 0 Å². The predicted octanol–water partition coefficient (Wildman–Crippen LogP) is 4.52. The van der Waals surface area contributed by atoms with Crippen LogP contribution >= 0.6 is 11.6 Å². The Morgan fingerprint density at radius 3 is 2.52 bits per heavy atom. The molecular formula is C15H9ClF2N2O. The molecule has 0 atom stereocenters. The molecule has 0 aliphatic heterocycles. The van der Waals surface area contributed by atoms with Gasteiger partial charge in [-0.1, -0.05) is 35.0 Å². The van der Waals surface area contributed by atoms with Gasteiger partial charge < -0.3 is 10.3 Å². The zero-order valence-corrected chi connectivity index (χ0v) is 11.4. The van der Waals surface area contributed by atoms with Gasteiger partial charge in [0.05, 0.1) is 10.6 Å². The van der Waals surface area contributed by atoms with Crippen LogP contribution in [0.1, 0.15) is 0 Å². The van der Waals surface area contributed by atoms with Crippen LogP contribution < -0.4 is 5.73 Å². The monoisotopic (exact) mass is 306 g/mol. The van der Waals surface area contributed by atoms with Gasteiger partial charge in [0.15, 0.2) is 11.6 Å². The van der Waals surface area contributed by atoms with Crippen molar-refractivity contribution >= 4 is 17.4 Å². The maximum Gasteiger partial charge on any atom is 0.177 e. The molecule has 0 aliphatic rings. The summed E-state index contributed by atoms with van der Waals surface area (Å²) in [5.74, 6) is -0.858. The van der Waals surface area contributed by atoms with Gasteiger partial charge in [-0.2, -0.15) is 0 Å². The number of nitrogen functional groups attached to an aromatic ring is 1. The molecule has 6 heteroatoms. The van der Waals surface area contributed by atoms with Gasteiger partial charge in [-0.3, -0.25) is 0 Å². The lowest BCUT2D eigenvalue weighted by molar-refractivity contribution is 0.435. The molecule has 0 fully saturated rings. The molecule has 0 amide bonds. The SMILES string of the molecule is Nc1noc(-c2cccc(F)c2)c1-c1c(F)cccc1Cl. The van der Waals surface area contributed by atoms with Crippen molar-refractivity contribution in [1.82, 2.24) is 5.16 Å². The summed E-state index contributed by atoms with van der Waals surface area (Å²) in [4.78, 5) is 0. The van der Waals surface area contributed by atoms with Gasteiger partial charge in [0, 0.05) is 11.1 Å². The fraction of sp³-hybridized carbons (Fsp3) is 0. The minimum Gasteiger partial charge on any atom is -0.380 e. The molecule has 21 heavy (non-hydrogen) atoms. The minimum absolute atomic E-state index is 0.0127. The van der Waals surface area contributed by atoms with Crippen molar-refractivity contribution < 1.29 is 13.3 Å². The number of nitrogens with two attached hydrogens (primary N) is 1. The Hall–Kier alpha value is -2.40. The lowest BCUT2D eigenvalue weighted by Gasteiger charge is -2.06. The Balaban J connectivity index is 2.28. The molecule has 0 saturated heterocycles. The number of hydrogen-bond acceptors (Lipinski definition) is 3. The van der Waals surface area contributed by atoms with E-state index in [9.17, 15) is 8.78 Å². The number of benzene rings is 2. The summed E-state index contributed by atoms with van der Waals surface area (Å²) in [6.45, 7) is 0. The zero-order chi connectivity index (χ0) is 15.0. The highest BCUT2D eigenvalue weighted by Crippen LogP contribution is 2.41. The van der Waals surface area contributed by atoms with Gasteiger partial charge in [-0.15, -0.1) is 0 Å². The normalized spacial score (nSPS) is 10.8. The molecule has 2 aromatic carbocycles. The summed E-state index contributed by atoms with van der Waals surface area (Å²) in [5.41, 5.74) is 6.45. The maximum atomic E-state index is 14.1. The summed E-state index contributed by atoms with van der Waals surface area (Å²) in [5, 5.41) is 3.81. The van der Waals surface area contributed by atoms with E-state index in [1.165, 1.54) is 36.4 Å². The number of anilines is 1. The van der Waals surface area contributed by atoms with Crippen molar-refractivity contribution in [3.63, 3.8) is 0 Å². The van der Waals surface area contributed by atoms with Crippen molar-refractivity contribution in [2.24, 2.45) is 0 Å². The molecule has 0 aliphatic carbocycles. The second-order valence-electron chi connectivity index (χ2n) is 4.38. The number of hydrogen-bond donors (Lipinski definition) is 1. The van der Waals surface area contributed by atoms with Crippen LogP contribution in [-0.2, 0) is 0 Å². The quantitative estimate of drug-likeness (QED) is 0.757. The lowest BCUT2D eigenvalue weighted by Crippen LogP contribution is -1.92. The van der Waals surface area contributed by atoms with E-state index in [0.29, 0.717) is 5.56 Å². The van der Waals surface area contributed by atoms with E-state index in [-0.39, 0.29) is 27.7 Å². The smallest absolute Gasteiger partial charge is 0.177 e. The molecule has 1 heterocycles. The predicted molar refractivity (Wildman–Crippen MR) is 76.7 cm³/mol. The van der Waals surface area contributed by atoms with Crippen molar-refractivity contribution in [2.75, 3.05) is 5.73 Å². The molecular weight excluding hydrogens is 298 g/mol. The van der Waals surface area contributed by atoms with Crippen LogP contribution in [0.5, 0.6) is 0 Å². The van der Waals surface area contributed by atoms with Gasteiger partial charge >= 0.3 is 0 Å². The van der Waals surface area contributed by atoms with Gasteiger partial charge in [0.25, 0.3) is 0 Å². The van der Waals surface area contributed by atoms with E-state index in [1.54, 1.807) is 6.07 Å². The van der Waals surface area contributed by atoms with Crippen molar-refractivity contribution in [2.45, 2.75) is 0 Å². The highest BCUT2D eigenvalue weighted by molar-refractivity contribution is 6.33. The first-order valence-corrected chi connectivity index (χ1v) is 6.41. The average molecular weight is 307 g/mol. The van der Waals surface area contributed by atoms with Gasteiger partial charge in [-0.05, 0) is 24.3 Å². The molecule has 3 rings (SSSR count). The van der Waals surface area contributed by atoms with Crippen LogP contribution in [0.3, 0.4) is 0 Å². The van der Waals surface area contributed by atoms with Crippen LogP contribution in [0, 0.1) is 11.6 Å². The molecule has 0 bridgehead atoms. The standard InChI is InChI=1S/C15H9ClF2N2O/c16-10-5-2-6-11(18)12(10)13-14(21-20-15(13)19)8-3-1-4-9(17)7-8/h1-7H,(H2,19,20). The third-order valence-electron chi connectivity index (χ3n) is 3.02. The van der Waals surface area contributed by atoms with Crippen molar-refractivity contribution in [3.8, 4) is 22.5 Å². The Morgan fingerprint density at radius 1 is 1.05 bits per heavy atom. The summed E-state index contributed by atoms with van der Waals surface area (Å²) in [7, 11) is 0. The molecule has 1 aromatic heterocycles. The van der Waals surface area contributed by atoms with E-state index in [0.717, 1.165) is 0 Å². The molecule has 0 radical (unpaired) electrons. The molecule has 0 unspecified atom stereocenters. The Kier molecular flexibility index (Phi) is 3.35. The lowest BCUT2D eigenvalue weighted by atomic mass is 10.0. The Morgan fingerprint density at radius 2 is 1.81 bits per heavy atom. The minimum atomic E-state index is -0.560. The first kappa shape index (κ1) is 13.6. The summed E-state index contributed by atoms with van der Waals surface area (Å²) in [6, 6.07) is 9.92. The van der Waals surface area contributed by atoms with E-state index < -0.39 is 11.6 Å². The summed E-state index contributed by atoms with van der Waals surface area (Å²) < 4.78 is 32.6. The summed E-state index contributed by atoms with van der Waals surface area (Å²) in [6.07, 6.45) is 0. The van der Waals surface area contributed by atoms with Gasteiger partial charge in [0.1, 0.15) is 11.6 Å². The van der Waals surface area contributed by atoms with E-state index in [1.807, 2.05) is 0 Å². The number of aromatic nitrogens is 1. The molecule has 0 saturated carbocycles. The zero-order valence-electron chi connectivity index (χ0n) is 10.6. The number of rotatable bonds is 2. The molecule has 3 nitrogen and oxygen atoms in total. The van der Waals surface area contributed by atoms with Crippen molar-refractivity contribution in [1.29, 1.82) is 0 Å². The average Bonchev–Trinajstić information content (AvgIpc) is 2.81. The van der Waals surface area contributed by atoms with Crippen LogP contribution in [0.15, 0.2) is 47.0 Å². The van der Waals surface area contributed by atoms with E-state index >= 15 is 0 Å². The third kappa shape index (κ3) is 2.36. The third-order valence-corrected chi connectivity index (χ3v) is 3.33. The molecule has 3 aromatic rings. The van der Waals surface area contributed by atoms with E-state index in [2.05, 4.69) is 5.16 Å². The van der Waals surface area contributed by atoms with Crippen LogP contribution in [-0.4, -0.2) is 5.16 Å². The maximum absolute atomic E-state index is 14.1. The fourth-order valence-electron chi connectivity index (χ4n) is 2.11. The summed E-state index contributed by atoms with van der Waals surface area (Å²) >= 11 is 6.04. The van der Waals surface area contributed by atoms with E-state index in [4.69, 9.17) is 21.9 Å². The van der Waals surface area contributed by atoms with Crippen LogP contribution in [0.25, 0.3) is 22.5 Å². The topological polar surface area (TPSA) is 52.0 Å². The molecule has 106 valence electrons. The second-order valence-corrected chi connectivity index (χ2v) is 4.79. The van der Waals surface area contributed by atoms with Crippen LogP contribution in [0.4, 0.5) is 14.6 Å². The van der Waals surface area contributed by atoms with Crippen molar-refractivity contribution in [3.05, 3.63) is 59.1 Å². The highest BCUT2D eigenvalue weighted by Gasteiger charge is 2.22. The number of halogens is 3. The molecule has 2 N–H and O–H groups in total. The Labute approximate surface area is 123 Å². The highest BCUT2D eigenvalue weighted by atomic mass is 35.5. The second kappa shape index (κ2) is 5.18. The fourth-order valence-corrected chi connectivity index (χ4v) is 2.36.